The van der Waals surface area contributed by atoms with E-state index in [-0.39, 0.29) is 19.1 Å². The van der Waals surface area contributed by atoms with Crippen molar-refractivity contribution in [1.82, 2.24) is 0 Å². The maximum Gasteiger partial charge on any atom is 0.338 e. The Morgan fingerprint density at radius 3 is 2.52 bits per heavy atom. The molecule has 0 fully saturated rings. The molecular weight excluding hydrogens is 416 g/mol. The van der Waals surface area contributed by atoms with Gasteiger partial charge in [-0.1, -0.05) is 30.3 Å². The van der Waals surface area contributed by atoms with Crippen molar-refractivity contribution in [2.75, 3.05) is 22.4 Å². The van der Waals surface area contributed by atoms with Gasteiger partial charge in [0.05, 0.1) is 30.1 Å². The number of anilines is 2. The predicted molar refractivity (Wildman–Crippen MR) is 120 cm³/mol. The van der Waals surface area contributed by atoms with Crippen LogP contribution in [-0.2, 0) is 22.2 Å². The number of amides is 1. The van der Waals surface area contributed by atoms with Crippen molar-refractivity contribution >= 4 is 44.9 Å². The smallest absolute Gasteiger partial charge is 0.338 e. The molecule has 0 saturated carbocycles. The molecule has 0 unspecified atom stereocenters. The van der Waals surface area contributed by atoms with E-state index in [4.69, 9.17) is 4.74 Å². The van der Waals surface area contributed by atoms with Crippen LogP contribution in [0.5, 0.6) is 0 Å². The Bertz CT molecular complexity index is 1260. The van der Waals surface area contributed by atoms with Crippen LogP contribution in [0.15, 0.2) is 54.6 Å². The van der Waals surface area contributed by atoms with Gasteiger partial charge < -0.3 is 9.64 Å². The van der Waals surface area contributed by atoms with Gasteiger partial charge in [0.2, 0.25) is 10.9 Å². The van der Waals surface area contributed by atoms with E-state index >= 15 is 0 Å². The molecule has 1 heterocycles. The molecule has 31 heavy (non-hydrogen) atoms. The van der Waals surface area contributed by atoms with Gasteiger partial charge in [-0.15, -0.1) is 0 Å². The lowest BCUT2D eigenvalue weighted by Crippen LogP contribution is -2.26. The minimum atomic E-state index is -3.02. The number of hydrogen-bond donors (Lipinski definition) is 1. The molecule has 0 radical (unpaired) electrons. The van der Waals surface area contributed by atoms with Crippen molar-refractivity contribution < 1.29 is 22.7 Å². The largest absolute Gasteiger partial charge is 0.462 e. The second-order valence-electron chi connectivity index (χ2n) is 7.05. The number of benzene rings is 3. The van der Waals surface area contributed by atoms with Crippen molar-refractivity contribution in [2.45, 2.75) is 20.4 Å². The molecule has 1 aliphatic heterocycles. The zero-order valence-electron chi connectivity index (χ0n) is 17.2. The molecular formula is C23H22N2O5S. The molecule has 7 nitrogen and oxygen atoms in total. The molecule has 1 aliphatic rings. The third kappa shape index (κ3) is 3.53. The van der Waals surface area contributed by atoms with Crippen LogP contribution in [0, 0.1) is 0 Å². The highest BCUT2D eigenvalue weighted by molar-refractivity contribution is 7.74. The van der Waals surface area contributed by atoms with Gasteiger partial charge >= 0.3 is 5.97 Å². The molecule has 0 aliphatic carbocycles. The minimum absolute atomic E-state index is 0.0300. The standard InChI is InChI=1S/C23H22N2O5S/c1-3-24-20-13-12-19(17-10-7-11-18(21(17)20)22(24)26)25(31(28)29)14-15-8-5-6-9-16(15)23(27)30-4-2/h5-13,31H,3-4,14H2,1-2H3. The lowest BCUT2D eigenvalue weighted by Gasteiger charge is -2.22. The lowest BCUT2D eigenvalue weighted by molar-refractivity contribution is 0.0525. The maximum atomic E-state index is 12.7. The average molecular weight is 439 g/mol. The summed E-state index contributed by atoms with van der Waals surface area (Å²) >= 11 is 0. The van der Waals surface area contributed by atoms with Gasteiger partial charge in [0.25, 0.3) is 5.91 Å². The van der Waals surface area contributed by atoms with Crippen LogP contribution in [0.1, 0.15) is 40.1 Å². The van der Waals surface area contributed by atoms with Crippen LogP contribution in [0.25, 0.3) is 10.8 Å². The van der Waals surface area contributed by atoms with Crippen LogP contribution >= 0.6 is 0 Å². The number of carbonyl (C=O) groups is 2. The number of hydrogen-bond acceptors (Lipinski definition) is 5. The van der Waals surface area contributed by atoms with Crippen molar-refractivity contribution in [3.63, 3.8) is 0 Å². The third-order valence-electron chi connectivity index (χ3n) is 5.39. The molecule has 0 atom stereocenters. The average Bonchev–Trinajstić information content (AvgIpc) is 3.05. The van der Waals surface area contributed by atoms with E-state index in [1.807, 2.05) is 13.0 Å². The lowest BCUT2D eigenvalue weighted by atomic mass is 10.0. The summed E-state index contributed by atoms with van der Waals surface area (Å²) in [6.45, 7) is 4.33. The zero-order valence-corrected chi connectivity index (χ0v) is 18.1. The first-order valence-corrected chi connectivity index (χ1v) is 11.1. The molecule has 8 heteroatoms. The van der Waals surface area contributed by atoms with E-state index < -0.39 is 16.9 Å². The quantitative estimate of drug-likeness (QED) is 0.451. The molecule has 1 amide bonds. The SMILES string of the molecule is CCOC(=O)c1ccccc1CN(c1ccc2c3c(cccc13)C(=O)N2CC)[SH](=O)=O. The van der Waals surface area contributed by atoms with E-state index in [1.165, 1.54) is 4.31 Å². The van der Waals surface area contributed by atoms with Crippen molar-refractivity contribution in [3.05, 3.63) is 71.3 Å². The number of carbonyl (C=O) groups excluding carboxylic acids is 2. The van der Waals surface area contributed by atoms with Crippen molar-refractivity contribution in [1.29, 1.82) is 0 Å². The van der Waals surface area contributed by atoms with Crippen LogP contribution in [0.3, 0.4) is 0 Å². The number of thiol groups is 1. The van der Waals surface area contributed by atoms with Gasteiger partial charge in [-0.05, 0) is 43.7 Å². The number of rotatable bonds is 7. The Kier molecular flexibility index (Phi) is 5.65. The maximum absolute atomic E-state index is 12.7. The first-order valence-electron chi connectivity index (χ1n) is 10.0. The summed E-state index contributed by atoms with van der Waals surface area (Å²) in [5.74, 6) is -0.588. The summed E-state index contributed by atoms with van der Waals surface area (Å²) in [5, 5.41) is 1.42. The summed E-state index contributed by atoms with van der Waals surface area (Å²) in [4.78, 5) is 26.8. The zero-order chi connectivity index (χ0) is 22.1. The van der Waals surface area contributed by atoms with Crippen LogP contribution in [-0.4, -0.2) is 33.4 Å². The fraction of sp³-hybridized carbons (Fsp3) is 0.217. The summed E-state index contributed by atoms with van der Waals surface area (Å²) in [6.07, 6.45) is 0. The molecule has 0 saturated heterocycles. The van der Waals surface area contributed by atoms with Crippen LogP contribution in [0.4, 0.5) is 11.4 Å². The Morgan fingerprint density at radius 2 is 1.81 bits per heavy atom. The van der Waals surface area contributed by atoms with E-state index in [0.29, 0.717) is 34.3 Å². The van der Waals surface area contributed by atoms with Crippen molar-refractivity contribution in [2.24, 2.45) is 0 Å². The summed E-state index contributed by atoms with van der Waals surface area (Å²) in [7, 11) is -3.02. The number of ether oxygens (including phenoxy) is 1. The summed E-state index contributed by atoms with van der Waals surface area (Å²) in [5.41, 5.74) is 2.65. The summed E-state index contributed by atoms with van der Waals surface area (Å²) < 4.78 is 30.9. The van der Waals surface area contributed by atoms with Crippen LogP contribution in [0.2, 0.25) is 0 Å². The Morgan fingerprint density at radius 1 is 1.03 bits per heavy atom. The Balaban J connectivity index is 1.83. The van der Waals surface area contributed by atoms with Crippen LogP contribution < -0.4 is 9.21 Å². The topological polar surface area (TPSA) is 84.0 Å². The Hall–Kier alpha value is -3.39. The number of nitrogens with zero attached hydrogens (tertiary/aromatic N) is 2. The predicted octanol–water partition coefficient (Wildman–Crippen LogP) is 3.53. The Labute approximate surface area is 181 Å². The second-order valence-corrected chi connectivity index (χ2v) is 8.01. The van der Waals surface area contributed by atoms with Gasteiger partial charge in [0.1, 0.15) is 0 Å². The molecule has 0 spiro atoms. The molecule has 0 N–H and O–H groups in total. The molecule has 3 aromatic carbocycles. The number of esters is 1. The normalized spacial score (nSPS) is 12.6. The minimum Gasteiger partial charge on any atom is -0.462 e. The highest BCUT2D eigenvalue weighted by Crippen LogP contribution is 2.42. The van der Waals surface area contributed by atoms with Gasteiger partial charge in [-0.3, -0.25) is 9.10 Å². The fourth-order valence-corrected chi connectivity index (χ4v) is 4.65. The third-order valence-corrected chi connectivity index (χ3v) is 6.14. The van der Waals surface area contributed by atoms with Crippen molar-refractivity contribution in [3.8, 4) is 0 Å². The van der Waals surface area contributed by atoms with Gasteiger partial charge in [-0.25, -0.2) is 13.2 Å². The first kappa shape index (κ1) is 20.9. The van der Waals surface area contributed by atoms with Gasteiger partial charge in [0, 0.05) is 22.9 Å². The van der Waals surface area contributed by atoms with E-state index in [1.54, 1.807) is 60.4 Å². The highest BCUT2D eigenvalue weighted by atomic mass is 32.2. The van der Waals surface area contributed by atoms with E-state index in [0.717, 1.165) is 11.1 Å². The molecule has 0 bridgehead atoms. The molecule has 3 aromatic rings. The molecule has 160 valence electrons. The summed E-state index contributed by atoms with van der Waals surface area (Å²) in [6, 6.07) is 15.6. The first-order chi connectivity index (χ1) is 15.0. The van der Waals surface area contributed by atoms with Gasteiger partial charge in [-0.2, -0.15) is 0 Å². The highest BCUT2D eigenvalue weighted by Gasteiger charge is 2.30. The monoisotopic (exact) mass is 438 g/mol. The second kappa shape index (κ2) is 8.39. The van der Waals surface area contributed by atoms with E-state index in [9.17, 15) is 18.0 Å². The molecule has 4 rings (SSSR count). The molecule has 0 aromatic heterocycles. The van der Waals surface area contributed by atoms with E-state index in [2.05, 4.69) is 0 Å². The fourth-order valence-electron chi connectivity index (χ4n) is 4.03. The van der Waals surface area contributed by atoms with Gasteiger partial charge in [0.15, 0.2) is 0 Å².